The minimum absolute atomic E-state index is 0.0526. The molecule has 5 heteroatoms. The molecule has 1 fully saturated rings. The van der Waals surface area contributed by atoms with Gasteiger partial charge in [0.1, 0.15) is 0 Å². The van der Waals surface area contributed by atoms with Crippen molar-refractivity contribution in [2.75, 3.05) is 6.54 Å². The van der Waals surface area contributed by atoms with E-state index in [9.17, 15) is 9.59 Å². The molecule has 1 aliphatic carbocycles. The third-order valence-electron chi connectivity index (χ3n) is 3.78. The lowest BCUT2D eigenvalue weighted by Crippen LogP contribution is -2.36. The van der Waals surface area contributed by atoms with Crippen molar-refractivity contribution in [3.63, 3.8) is 0 Å². The van der Waals surface area contributed by atoms with Crippen LogP contribution in [-0.4, -0.2) is 23.5 Å². The highest BCUT2D eigenvalue weighted by Crippen LogP contribution is 2.34. The zero-order valence-corrected chi connectivity index (χ0v) is 11.1. The van der Waals surface area contributed by atoms with Gasteiger partial charge >= 0.3 is 5.97 Å². The normalized spacial score (nSPS) is 17.9. The Bertz CT molecular complexity index is 472. The van der Waals surface area contributed by atoms with Crippen LogP contribution in [0.25, 0.3) is 0 Å². The van der Waals surface area contributed by atoms with Crippen molar-refractivity contribution in [3.8, 4) is 0 Å². The number of amides is 1. The number of hydrogen-bond donors (Lipinski definition) is 2. The van der Waals surface area contributed by atoms with E-state index in [2.05, 4.69) is 12.2 Å². The van der Waals surface area contributed by atoms with Gasteiger partial charge in [0.15, 0.2) is 5.76 Å². The summed E-state index contributed by atoms with van der Waals surface area (Å²) in [5.41, 5.74) is 0.149. The van der Waals surface area contributed by atoms with Crippen molar-refractivity contribution in [2.24, 2.45) is 5.41 Å². The van der Waals surface area contributed by atoms with Crippen LogP contribution in [0.1, 0.15) is 60.1 Å². The van der Waals surface area contributed by atoms with Gasteiger partial charge in [0.25, 0.3) is 5.91 Å². The highest BCUT2D eigenvalue weighted by molar-refractivity contribution is 5.93. The lowest BCUT2D eigenvalue weighted by molar-refractivity contribution is 0.0659. The molecule has 1 saturated carbocycles. The fourth-order valence-corrected chi connectivity index (χ4v) is 2.54. The first-order valence-electron chi connectivity index (χ1n) is 6.62. The monoisotopic (exact) mass is 265 g/mol. The summed E-state index contributed by atoms with van der Waals surface area (Å²) in [7, 11) is 0. The fraction of sp³-hybridized carbons (Fsp3) is 0.571. The van der Waals surface area contributed by atoms with Crippen molar-refractivity contribution in [1.82, 2.24) is 5.32 Å². The maximum absolute atomic E-state index is 11.9. The summed E-state index contributed by atoms with van der Waals surface area (Å²) < 4.78 is 4.97. The molecule has 0 unspecified atom stereocenters. The van der Waals surface area contributed by atoms with Gasteiger partial charge in [0.2, 0.25) is 5.76 Å². The molecule has 2 N–H and O–H groups in total. The average Bonchev–Trinajstić information content (AvgIpc) is 2.87. The second-order valence-electron chi connectivity index (χ2n) is 5.52. The number of hydrogen-bond acceptors (Lipinski definition) is 3. The van der Waals surface area contributed by atoms with E-state index < -0.39 is 5.97 Å². The Balaban J connectivity index is 1.91. The standard InChI is InChI=1S/C14H19NO4/c1-14(7-3-2-4-8-14)9-15-12(16)10-5-6-11(19-10)13(17)18/h5-6H,2-4,7-9H2,1H3,(H,15,16)(H,17,18). The number of carbonyl (C=O) groups is 2. The predicted octanol–water partition coefficient (Wildman–Crippen LogP) is 2.68. The molecule has 0 aromatic carbocycles. The zero-order valence-electron chi connectivity index (χ0n) is 11.1. The Morgan fingerprint density at radius 3 is 2.47 bits per heavy atom. The van der Waals surface area contributed by atoms with E-state index in [0.717, 1.165) is 12.8 Å². The van der Waals surface area contributed by atoms with Crippen LogP contribution in [0.4, 0.5) is 0 Å². The van der Waals surface area contributed by atoms with Crippen LogP contribution in [0.3, 0.4) is 0 Å². The van der Waals surface area contributed by atoms with Gasteiger partial charge in [-0.2, -0.15) is 0 Å². The Morgan fingerprint density at radius 1 is 1.26 bits per heavy atom. The molecule has 19 heavy (non-hydrogen) atoms. The van der Waals surface area contributed by atoms with Crippen LogP contribution in [0.5, 0.6) is 0 Å². The van der Waals surface area contributed by atoms with E-state index in [4.69, 9.17) is 9.52 Å². The summed E-state index contributed by atoms with van der Waals surface area (Å²) in [6, 6.07) is 2.68. The molecular formula is C14H19NO4. The molecule has 0 saturated heterocycles. The molecule has 5 nitrogen and oxygen atoms in total. The fourth-order valence-electron chi connectivity index (χ4n) is 2.54. The highest BCUT2D eigenvalue weighted by atomic mass is 16.4. The number of nitrogens with one attached hydrogen (secondary N) is 1. The largest absolute Gasteiger partial charge is 0.475 e. The van der Waals surface area contributed by atoms with Gasteiger partial charge < -0.3 is 14.8 Å². The number of carbonyl (C=O) groups excluding carboxylic acids is 1. The summed E-state index contributed by atoms with van der Waals surface area (Å²) in [6.07, 6.45) is 5.91. The Morgan fingerprint density at radius 2 is 1.89 bits per heavy atom. The van der Waals surface area contributed by atoms with Gasteiger partial charge in [-0.15, -0.1) is 0 Å². The minimum Gasteiger partial charge on any atom is -0.475 e. The SMILES string of the molecule is CC1(CNC(=O)c2ccc(C(=O)O)o2)CCCCC1. The van der Waals surface area contributed by atoms with Gasteiger partial charge in [-0.25, -0.2) is 4.79 Å². The van der Waals surface area contributed by atoms with Crippen molar-refractivity contribution >= 4 is 11.9 Å². The van der Waals surface area contributed by atoms with E-state index in [1.165, 1.54) is 31.4 Å². The van der Waals surface area contributed by atoms with E-state index in [-0.39, 0.29) is 22.8 Å². The van der Waals surface area contributed by atoms with Crippen LogP contribution in [0.15, 0.2) is 16.5 Å². The van der Waals surface area contributed by atoms with Crippen LogP contribution in [-0.2, 0) is 0 Å². The summed E-state index contributed by atoms with van der Waals surface area (Å²) in [4.78, 5) is 22.5. The molecule has 0 radical (unpaired) electrons. The van der Waals surface area contributed by atoms with E-state index in [1.54, 1.807) is 0 Å². The summed E-state index contributed by atoms with van der Waals surface area (Å²) >= 11 is 0. The highest BCUT2D eigenvalue weighted by Gasteiger charge is 2.27. The maximum Gasteiger partial charge on any atom is 0.371 e. The summed E-state index contributed by atoms with van der Waals surface area (Å²) in [5.74, 6) is -1.68. The Hall–Kier alpha value is -1.78. The van der Waals surface area contributed by atoms with Crippen LogP contribution in [0, 0.1) is 5.41 Å². The molecular weight excluding hydrogens is 246 g/mol. The van der Waals surface area contributed by atoms with Crippen LogP contribution < -0.4 is 5.32 Å². The van der Waals surface area contributed by atoms with E-state index in [0.29, 0.717) is 6.54 Å². The van der Waals surface area contributed by atoms with Crippen molar-refractivity contribution < 1.29 is 19.1 Å². The Labute approximate surface area is 112 Å². The van der Waals surface area contributed by atoms with Crippen molar-refractivity contribution in [2.45, 2.75) is 39.0 Å². The second-order valence-corrected chi connectivity index (χ2v) is 5.52. The summed E-state index contributed by atoms with van der Waals surface area (Å²) in [5, 5.41) is 11.6. The first kappa shape index (κ1) is 13.6. The molecule has 1 amide bonds. The summed E-state index contributed by atoms with van der Waals surface area (Å²) in [6.45, 7) is 2.78. The van der Waals surface area contributed by atoms with Gasteiger partial charge in [-0.3, -0.25) is 4.79 Å². The van der Waals surface area contributed by atoms with Gasteiger partial charge in [-0.05, 0) is 30.4 Å². The van der Waals surface area contributed by atoms with Gasteiger partial charge in [0, 0.05) is 6.54 Å². The topological polar surface area (TPSA) is 79.5 Å². The maximum atomic E-state index is 11.9. The molecule has 104 valence electrons. The minimum atomic E-state index is -1.17. The van der Waals surface area contributed by atoms with Crippen LogP contribution >= 0.6 is 0 Å². The van der Waals surface area contributed by atoms with Crippen molar-refractivity contribution in [1.29, 1.82) is 0 Å². The number of carboxylic acids is 1. The molecule has 1 heterocycles. The lowest BCUT2D eigenvalue weighted by Gasteiger charge is -2.33. The number of aromatic carboxylic acids is 1. The smallest absolute Gasteiger partial charge is 0.371 e. The molecule has 1 aromatic rings. The molecule has 1 aliphatic rings. The zero-order chi connectivity index (χ0) is 13.9. The molecule has 0 spiro atoms. The number of rotatable bonds is 4. The molecule has 0 bridgehead atoms. The first-order chi connectivity index (χ1) is 9.00. The van der Waals surface area contributed by atoms with Gasteiger partial charge in [0.05, 0.1) is 0 Å². The van der Waals surface area contributed by atoms with E-state index in [1.807, 2.05) is 0 Å². The number of carboxylic acid groups (broad SMARTS) is 1. The third-order valence-corrected chi connectivity index (χ3v) is 3.78. The predicted molar refractivity (Wildman–Crippen MR) is 69.2 cm³/mol. The quantitative estimate of drug-likeness (QED) is 0.877. The van der Waals surface area contributed by atoms with Crippen molar-refractivity contribution in [3.05, 3.63) is 23.7 Å². The second kappa shape index (κ2) is 5.47. The lowest BCUT2D eigenvalue weighted by atomic mass is 9.76. The molecule has 0 atom stereocenters. The molecule has 0 aliphatic heterocycles. The van der Waals surface area contributed by atoms with Crippen LogP contribution in [0.2, 0.25) is 0 Å². The number of furan rings is 1. The third kappa shape index (κ3) is 3.36. The Kier molecular flexibility index (Phi) is 3.93. The average molecular weight is 265 g/mol. The first-order valence-corrected chi connectivity index (χ1v) is 6.62. The van der Waals surface area contributed by atoms with Gasteiger partial charge in [-0.1, -0.05) is 26.2 Å². The van der Waals surface area contributed by atoms with E-state index >= 15 is 0 Å². The molecule has 1 aromatic heterocycles. The molecule has 2 rings (SSSR count).